The molecule has 2 aromatic rings. The zero-order valence-electron chi connectivity index (χ0n) is 29.5. The van der Waals surface area contributed by atoms with Crippen molar-refractivity contribution >= 4 is 40.5 Å². The lowest BCUT2D eigenvalue weighted by Gasteiger charge is -2.44. The lowest BCUT2D eigenvalue weighted by Crippen LogP contribution is -2.63. The summed E-state index contributed by atoms with van der Waals surface area (Å²) in [6.07, 6.45) is -1.61. The Morgan fingerprint density at radius 1 is 0.840 bits per heavy atom. The maximum absolute atomic E-state index is 13.9. The summed E-state index contributed by atoms with van der Waals surface area (Å²) in [6.45, 7) is 7.94. The molecule has 276 valence electrons. The van der Waals surface area contributed by atoms with Gasteiger partial charge in [0.25, 0.3) is 11.2 Å². The molecule has 0 unspecified atom stereocenters. The average molecular weight is 707 g/mol. The molecule has 0 aliphatic carbocycles. The van der Waals surface area contributed by atoms with Crippen molar-refractivity contribution in [1.82, 2.24) is 4.57 Å². The molecule has 0 bridgehead atoms. The summed E-state index contributed by atoms with van der Waals surface area (Å²) in [5, 5.41) is 12.1. The first-order valence-electron chi connectivity index (χ1n) is 16.6. The van der Waals surface area contributed by atoms with Crippen LogP contribution in [0.25, 0.3) is 10.9 Å². The Balaban J connectivity index is 2.25. The van der Waals surface area contributed by atoms with Gasteiger partial charge in [-0.3, -0.25) is 34.1 Å². The number of aromatic nitrogens is 1. The van der Waals surface area contributed by atoms with Gasteiger partial charge in [0.05, 0.1) is 17.0 Å². The molecule has 0 spiro atoms. The van der Waals surface area contributed by atoms with E-state index in [2.05, 4.69) is 6.92 Å². The average Bonchev–Trinajstić information content (AvgIpc) is 3.04. The molecule has 0 N–H and O–H groups in total. The second-order valence-corrected chi connectivity index (χ2v) is 11.9. The van der Waals surface area contributed by atoms with E-state index >= 15 is 0 Å². The lowest BCUT2D eigenvalue weighted by molar-refractivity contribution is -0.384. The first-order valence-corrected chi connectivity index (χ1v) is 16.6. The van der Waals surface area contributed by atoms with Gasteiger partial charge in [0.1, 0.15) is 12.7 Å². The van der Waals surface area contributed by atoms with E-state index in [-0.39, 0.29) is 41.1 Å². The van der Waals surface area contributed by atoms with E-state index in [9.17, 15) is 34.1 Å². The second-order valence-electron chi connectivity index (χ2n) is 11.9. The fourth-order valence-electron chi connectivity index (χ4n) is 5.75. The molecule has 2 heterocycles. The van der Waals surface area contributed by atoms with Crippen LogP contribution in [0.2, 0.25) is 0 Å². The molecule has 0 saturated carbocycles. The van der Waals surface area contributed by atoms with Crippen molar-refractivity contribution in [3.05, 3.63) is 38.2 Å². The monoisotopic (exact) mass is 706 g/mol. The summed E-state index contributed by atoms with van der Waals surface area (Å²) in [5.41, 5.74) is -0.363. The summed E-state index contributed by atoms with van der Waals surface area (Å²) in [7, 11) is 1.45. The number of carbonyl (C=O) groups is 4. The molecule has 1 aliphatic rings. The highest BCUT2D eigenvalue weighted by Crippen LogP contribution is 2.40. The largest absolute Gasteiger partial charge is 0.485 e. The Morgan fingerprint density at radius 3 is 2.02 bits per heavy atom. The van der Waals surface area contributed by atoms with E-state index in [0.29, 0.717) is 12.0 Å². The molecule has 16 heteroatoms. The van der Waals surface area contributed by atoms with Crippen LogP contribution in [-0.4, -0.2) is 77.3 Å². The summed E-state index contributed by atoms with van der Waals surface area (Å²) >= 11 is 0. The first-order chi connectivity index (χ1) is 23.7. The van der Waals surface area contributed by atoms with Crippen LogP contribution in [-0.2, 0) is 56.3 Å². The van der Waals surface area contributed by atoms with Gasteiger partial charge in [0.2, 0.25) is 18.1 Å². The molecule has 1 aliphatic heterocycles. The SMILES string of the molecule is CCCCCCCCOc1c(O[C@@H]2O[C@H](COC(C)=O)[C@H](OC(C)=O)[C@H](OC(C)=O)[C@H]2OC(C)=O)c2c(CC)cc([N+](=O)[O-])cc2n(C)c1=O. The number of nitro benzene ring substituents is 1. The van der Waals surface area contributed by atoms with Crippen molar-refractivity contribution in [2.24, 2.45) is 7.05 Å². The van der Waals surface area contributed by atoms with Gasteiger partial charge in [0, 0.05) is 52.3 Å². The van der Waals surface area contributed by atoms with Gasteiger partial charge < -0.3 is 37.7 Å². The number of nitrogens with zero attached hydrogens (tertiary/aromatic N) is 2. The minimum atomic E-state index is -1.68. The van der Waals surface area contributed by atoms with Crippen molar-refractivity contribution in [3.63, 3.8) is 0 Å². The molecule has 16 nitrogen and oxygen atoms in total. The van der Waals surface area contributed by atoms with Gasteiger partial charge in [-0.05, 0) is 18.4 Å². The number of hydrogen-bond acceptors (Lipinski definition) is 14. The van der Waals surface area contributed by atoms with Crippen LogP contribution >= 0.6 is 0 Å². The van der Waals surface area contributed by atoms with E-state index in [1.807, 2.05) is 0 Å². The molecule has 1 saturated heterocycles. The number of benzene rings is 1. The van der Waals surface area contributed by atoms with E-state index < -0.39 is 71.7 Å². The molecule has 0 amide bonds. The predicted octanol–water partition coefficient (Wildman–Crippen LogP) is 4.21. The molecular weight excluding hydrogens is 660 g/mol. The number of carbonyl (C=O) groups excluding carboxylic acids is 4. The molecule has 1 aromatic carbocycles. The fraction of sp³-hybridized carbons (Fsp3) is 0.618. The van der Waals surface area contributed by atoms with Gasteiger partial charge >= 0.3 is 23.9 Å². The van der Waals surface area contributed by atoms with Gasteiger partial charge in [0.15, 0.2) is 18.0 Å². The van der Waals surface area contributed by atoms with Crippen LogP contribution in [0.15, 0.2) is 16.9 Å². The van der Waals surface area contributed by atoms with Crippen molar-refractivity contribution in [2.75, 3.05) is 13.2 Å². The summed E-state index contributed by atoms with van der Waals surface area (Å²) in [5.74, 6) is -3.58. The zero-order chi connectivity index (χ0) is 37.1. The van der Waals surface area contributed by atoms with E-state index in [4.69, 9.17) is 33.2 Å². The molecule has 5 atom stereocenters. The molecule has 50 heavy (non-hydrogen) atoms. The smallest absolute Gasteiger partial charge is 0.303 e. The molecular formula is C34H46N2O14. The van der Waals surface area contributed by atoms with E-state index in [1.165, 1.54) is 23.7 Å². The topological polar surface area (TPSA) is 198 Å². The zero-order valence-corrected chi connectivity index (χ0v) is 29.5. The van der Waals surface area contributed by atoms with Crippen LogP contribution in [0, 0.1) is 10.1 Å². The number of fused-ring (bicyclic) bond motifs is 1. The van der Waals surface area contributed by atoms with Crippen molar-refractivity contribution in [1.29, 1.82) is 0 Å². The van der Waals surface area contributed by atoms with Crippen LogP contribution in [0.3, 0.4) is 0 Å². The van der Waals surface area contributed by atoms with E-state index in [1.54, 1.807) is 6.92 Å². The van der Waals surface area contributed by atoms with Crippen molar-refractivity contribution in [3.8, 4) is 11.5 Å². The number of hydrogen-bond donors (Lipinski definition) is 0. The van der Waals surface area contributed by atoms with Crippen LogP contribution < -0.4 is 15.0 Å². The highest BCUT2D eigenvalue weighted by Gasteiger charge is 2.53. The molecule has 3 rings (SSSR count). The summed E-state index contributed by atoms with van der Waals surface area (Å²) in [6, 6.07) is 2.58. The fourth-order valence-corrected chi connectivity index (χ4v) is 5.75. The molecule has 1 fully saturated rings. The third kappa shape index (κ3) is 10.2. The number of ether oxygens (including phenoxy) is 7. The van der Waals surface area contributed by atoms with Gasteiger partial charge in [-0.15, -0.1) is 0 Å². The summed E-state index contributed by atoms with van der Waals surface area (Å²) < 4.78 is 41.6. The van der Waals surface area contributed by atoms with Crippen LogP contribution in [0.4, 0.5) is 5.69 Å². The number of aryl methyl sites for hydroxylation is 2. The van der Waals surface area contributed by atoms with Crippen LogP contribution in [0.1, 0.15) is 85.6 Å². The standard InChI is InChI=1S/C34H46N2O14/c1-8-10-11-12-13-14-15-44-31-29(27-23(9-2)16-24(36(42)43)17-25(27)35(7)33(31)41)50-34-32(48-22(6)40)30(47-21(5)39)28(46-20(4)38)26(49-34)18-45-19(3)37/h16-17,26,28,30,32,34H,8-15,18H2,1-7H3/t26-,28+,30+,32-,34+/m1/s1. The van der Waals surface area contributed by atoms with Gasteiger partial charge in [-0.2, -0.15) is 0 Å². The Bertz CT molecular complexity index is 1620. The first kappa shape index (κ1) is 39.7. The molecule has 0 radical (unpaired) electrons. The number of unbranched alkanes of at least 4 members (excludes halogenated alkanes) is 5. The lowest BCUT2D eigenvalue weighted by atomic mass is 9.98. The Morgan fingerprint density at radius 2 is 1.44 bits per heavy atom. The summed E-state index contributed by atoms with van der Waals surface area (Å²) in [4.78, 5) is 73.9. The normalized spacial score (nSPS) is 20.1. The Hall–Kier alpha value is -4.73. The van der Waals surface area contributed by atoms with Crippen molar-refractivity contribution in [2.45, 2.75) is 117 Å². The number of esters is 4. The maximum Gasteiger partial charge on any atom is 0.303 e. The quantitative estimate of drug-likeness (QED) is 0.0745. The van der Waals surface area contributed by atoms with Crippen molar-refractivity contribution < 1.29 is 57.3 Å². The van der Waals surface area contributed by atoms with E-state index in [0.717, 1.165) is 59.8 Å². The highest BCUT2D eigenvalue weighted by molar-refractivity contribution is 5.92. The minimum Gasteiger partial charge on any atom is -0.485 e. The third-order valence-electron chi connectivity index (χ3n) is 8.00. The highest BCUT2D eigenvalue weighted by atomic mass is 16.7. The van der Waals surface area contributed by atoms with Gasteiger partial charge in [-0.1, -0.05) is 46.0 Å². The molecule has 1 aromatic heterocycles. The second kappa shape index (κ2) is 18.3. The number of nitro groups is 1. The number of non-ortho nitro benzene ring substituents is 1. The van der Waals surface area contributed by atoms with Crippen LogP contribution in [0.5, 0.6) is 11.5 Å². The third-order valence-corrected chi connectivity index (χ3v) is 8.00. The number of rotatable bonds is 17. The predicted molar refractivity (Wildman–Crippen MR) is 177 cm³/mol. The maximum atomic E-state index is 13.9. The number of pyridine rings is 1. The minimum absolute atomic E-state index is 0.135. The Kier molecular flexibility index (Phi) is 14.5. The Labute approximate surface area is 289 Å². The van der Waals surface area contributed by atoms with Gasteiger partial charge in [-0.25, -0.2) is 0 Å².